The van der Waals surface area contributed by atoms with Gasteiger partial charge < -0.3 is 5.11 Å². The third-order valence-electron chi connectivity index (χ3n) is 5.87. The van der Waals surface area contributed by atoms with Crippen LogP contribution in [0.2, 0.25) is 0 Å². The summed E-state index contributed by atoms with van der Waals surface area (Å²) in [6, 6.07) is 10.8. The number of hydrogen-bond donors (Lipinski definition) is 1. The van der Waals surface area contributed by atoms with Crippen LogP contribution in [0, 0.1) is 17.2 Å². The van der Waals surface area contributed by atoms with Crippen molar-refractivity contribution in [2.45, 2.75) is 69.3 Å². The highest BCUT2D eigenvalue weighted by Crippen LogP contribution is 2.51. The van der Waals surface area contributed by atoms with Gasteiger partial charge in [-0.15, -0.1) is 0 Å². The maximum atomic E-state index is 11.5. The minimum absolute atomic E-state index is 0.558. The predicted octanol–water partition coefficient (Wildman–Crippen LogP) is 4.12. The van der Waals surface area contributed by atoms with Crippen molar-refractivity contribution in [2.24, 2.45) is 5.92 Å². The van der Waals surface area contributed by atoms with Crippen molar-refractivity contribution < 1.29 is 5.11 Å². The monoisotopic (exact) mass is 283 g/mol. The van der Waals surface area contributed by atoms with Crippen molar-refractivity contribution >= 4 is 0 Å². The Kier molecular flexibility index (Phi) is 3.80. The molecule has 0 aliphatic heterocycles. The van der Waals surface area contributed by atoms with E-state index in [1.54, 1.807) is 0 Å². The number of aryl methyl sites for hydroxylation is 1. The molecule has 0 saturated heterocycles. The van der Waals surface area contributed by atoms with Gasteiger partial charge in [0.15, 0.2) is 0 Å². The lowest BCUT2D eigenvalue weighted by molar-refractivity contribution is -0.0698. The first kappa shape index (κ1) is 14.6. The molecule has 0 bridgehead atoms. The lowest BCUT2D eigenvalue weighted by Crippen LogP contribution is -2.55. The molecule has 21 heavy (non-hydrogen) atoms. The summed E-state index contributed by atoms with van der Waals surface area (Å²) in [6.45, 7) is 2.20. The van der Waals surface area contributed by atoms with Crippen LogP contribution in [0.5, 0.6) is 0 Å². The molecule has 3 rings (SSSR count). The summed E-state index contributed by atoms with van der Waals surface area (Å²) in [5, 5.41) is 21.5. The highest BCUT2D eigenvalue weighted by Gasteiger charge is 2.54. The SMILES string of the molecule is CCC1CCCC(O)(C2(C#N)CCCc3ccccc32)C1. The van der Waals surface area contributed by atoms with Gasteiger partial charge in [-0.2, -0.15) is 5.26 Å². The number of benzene rings is 1. The fraction of sp³-hybridized carbons (Fsp3) is 0.632. The lowest BCUT2D eigenvalue weighted by atomic mass is 9.56. The van der Waals surface area contributed by atoms with E-state index in [1.807, 2.05) is 12.1 Å². The molecule has 3 atom stereocenters. The smallest absolute Gasteiger partial charge is 0.111 e. The molecule has 0 radical (unpaired) electrons. The summed E-state index contributed by atoms with van der Waals surface area (Å²) in [7, 11) is 0. The second kappa shape index (κ2) is 5.46. The average molecular weight is 283 g/mol. The van der Waals surface area contributed by atoms with Crippen molar-refractivity contribution in [3.8, 4) is 6.07 Å². The molecule has 2 heteroatoms. The van der Waals surface area contributed by atoms with Crippen LogP contribution in [0.25, 0.3) is 0 Å². The van der Waals surface area contributed by atoms with E-state index >= 15 is 0 Å². The third-order valence-corrected chi connectivity index (χ3v) is 5.87. The highest BCUT2D eigenvalue weighted by molar-refractivity contribution is 5.45. The van der Waals surface area contributed by atoms with Gasteiger partial charge in [-0.05, 0) is 49.1 Å². The first-order chi connectivity index (χ1) is 10.1. The molecule has 1 aromatic rings. The van der Waals surface area contributed by atoms with Crippen LogP contribution >= 0.6 is 0 Å². The quantitative estimate of drug-likeness (QED) is 0.887. The second-order valence-electron chi connectivity index (χ2n) is 6.93. The van der Waals surface area contributed by atoms with E-state index in [0.717, 1.165) is 50.5 Å². The highest BCUT2D eigenvalue weighted by atomic mass is 16.3. The zero-order chi connectivity index (χ0) is 14.9. The van der Waals surface area contributed by atoms with Gasteiger partial charge in [-0.3, -0.25) is 0 Å². The van der Waals surface area contributed by atoms with Gasteiger partial charge in [-0.1, -0.05) is 50.5 Å². The van der Waals surface area contributed by atoms with Crippen LogP contribution in [0.4, 0.5) is 0 Å². The molecule has 112 valence electrons. The molecule has 0 spiro atoms. The number of hydrogen-bond acceptors (Lipinski definition) is 2. The average Bonchev–Trinajstić information content (AvgIpc) is 2.54. The van der Waals surface area contributed by atoms with Crippen LogP contribution < -0.4 is 0 Å². The largest absolute Gasteiger partial charge is 0.388 e. The number of rotatable bonds is 2. The summed E-state index contributed by atoms with van der Waals surface area (Å²) in [6.07, 6.45) is 7.73. The van der Waals surface area contributed by atoms with E-state index in [0.29, 0.717) is 5.92 Å². The van der Waals surface area contributed by atoms with E-state index < -0.39 is 11.0 Å². The van der Waals surface area contributed by atoms with Gasteiger partial charge in [0.05, 0.1) is 11.7 Å². The summed E-state index contributed by atoms with van der Waals surface area (Å²) < 4.78 is 0. The Balaban J connectivity index is 2.07. The summed E-state index contributed by atoms with van der Waals surface area (Å²) in [4.78, 5) is 0. The minimum Gasteiger partial charge on any atom is -0.388 e. The Bertz CT molecular complexity index is 561. The maximum Gasteiger partial charge on any atom is 0.111 e. The molecular weight excluding hydrogens is 258 g/mol. The number of nitrogens with zero attached hydrogens (tertiary/aromatic N) is 1. The van der Waals surface area contributed by atoms with E-state index in [-0.39, 0.29) is 0 Å². The Morgan fingerprint density at radius 2 is 2.10 bits per heavy atom. The lowest BCUT2D eigenvalue weighted by Gasteiger charge is -2.49. The summed E-state index contributed by atoms with van der Waals surface area (Å²) >= 11 is 0. The number of fused-ring (bicyclic) bond motifs is 1. The number of aliphatic hydroxyl groups is 1. The topological polar surface area (TPSA) is 44.0 Å². The molecule has 1 aromatic carbocycles. The minimum atomic E-state index is -0.850. The standard InChI is InChI=1S/C19H25NO/c1-2-15-7-5-12-19(21,13-15)18(14-20)11-6-9-16-8-3-4-10-17(16)18/h3-4,8,10,15,21H,2,5-7,9,11-13H2,1H3. The zero-order valence-corrected chi connectivity index (χ0v) is 12.9. The predicted molar refractivity (Wildman–Crippen MR) is 83.9 cm³/mol. The fourth-order valence-electron chi connectivity index (χ4n) is 4.64. The Morgan fingerprint density at radius 1 is 1.29 bits per heavy atom. The van der Waals surface area contributed by atoms with E-state index in [1.165, 1.54) is 12.0 Å². The van der Waals surface area contributed by atoms with Crippen molar-refractivity contribution in [3.63, 3.8) is 0 Å². The van der Waals surface area contributed by atoms with Gasteiger partial charge in [-0.25, -0.2) is 0 Å². The first-order valence-electron chi connectivity index (χ1n) is 8.37. The fourth-order valence-corrected chi connectivity index (χ4v) is 4.64. The molecule has 1 fully saturated rings. The molecule has 0 aromatic heterocycles. The Hall–Kier alpha value is -1.33. The van der Waals surface area contributed by atoms with Crippen molar-refractivity contribution in [2.75, 3.05) is 0 Å². The summed E-state index contributed by atoms with van der Waals surface area (Å²) in [5.41, 5.74) is 0.808. The molecule has 0 amide bonds. The van der Waals surface area contributed by atoms with Crippen LogP contribution in [-0.4, -0.2) is 10.7 Å². The van der Waals surface area contributed by atoms with Crippen molar-refractivity contribution in [3.05, 3.63) is 35.4 Å². The van der Waals surface area contributed by atoms with Gasteiger partial charge in [0.25, 0.3) is 0 Å². The third kappa shape index (κ3) is 2.19. The van der Waals surface area contributed by atoms with Crippen molar-refractivity contribution in [1.82, 2.24) is 0 Å². The van der Waals surface area contributed by atoms with Gasteiger partial charge >= 0.3 is 0 Å². The Labute approximate surface area is 127 Å². The van der Waals surface area contributed by atoms with Crippen LogP contribution in [0.15, 0.2) is 24.3 Å². The molecule has 2 aliphatic carbocycles. The maximum absolute atomic E-state index is 11.5. The molecular formula is C19H25NO. The van der Waals surface area contributed by atoms with Crippen LogP contribution in [0.1, 0.15) is 63.0 Å². The second-order valence-corrected chi connectivity index (χ2v) is 6.93. The van der Waals surface area contributed by atoms with Gasteiger partial charge in [0, 0.05) is 0 Å². The Morgan fingerprint density at radius 3 is 2.86 bits per heavy atom. The van der Waals surface area contributed by atoms with E-state index in [9.17, 15) is 10.4 Å². The van der Waals surface area contributed by atoms with E-state index in [2.05, 4.69) is 25.1 Å². The van der Waals surface area contributed by atoms with Gasteiger partial charge in [0.2, 0.25) is 0 Å². The first-order valence-corrected chi connectivity index (χ1v) is 8.37. The molecule has 2 nitrogen and oxygen atoms in total. The molecule has 2 aliphatic rings. The van der Waals surface area contributed by atoms with Crippen molar-refractivity contribution in [1.29, 1.82) is 5.26 Å². The molecule has 3 unspecified atom stereocenters. The normalized spacial score (nSPS) is 35.8. The zero-order valence-electron chi connectivity index (χ0n) is 12.9. The summed E-state index contributed by atoms with van der Waals surface area (Å²) in [5.74, 6) is 0.558. The number of nitriles is 1. The molecule has 1 saturated carbocycles. The van der Waals surface area contributed by atoms with E-state index in [4.69, 9.17) is 0 Å². The van der Waals surface area contributed by atoms with Crippen LogP contribution in [-0.2, 0) is 11.8 Å². The van der Waals surface area contributed by atoms with Crippen LogP contribution in [0.3, 0.4) is 0 Å². The molecule has 1 N–H and O–H groups in total. The molecule has 0 heterocycles. The van der Waals surface area contributed by atoms with Gasteiger partial charge in [0.1, 0.15) is 5.41 Å².